The number of aryl methyl sites for hydroxylation is 2. The molecule has 0 spiro atoms. The molecule has 1 fully saturated rings. The number of anilines is 1. The van der Waals surface area contributed by atoms with Crippen LogP contribution in [-0.4, -0.2) is 68.9 Å². The molecule has 7 nitrogen and oxygen atoms in total. The van der Waals surface area contributed by atoms with Crippen molar-refractivity contribution >= 4 is 32.6 Å². The van der Waals surface area contributed by atoms with Crippen LogP contribution < -0.4 is 14.4 Å². The number of hydrogen-bond acceptors (Lipinski definition) is 7. The lowest BCUT2D eigenvalue weighted by atomic mass is 10.1. The third kappa shape index (κ3) is 5.38. The van der Waals surface area contributed by atoms with Crippen LogP contribution in [0.15, 0.2) is 36.4 Å². The number of nitrogens with zero attached hydrogens (tertiary/aromatic N) is 3. The van der Waals surface area contributed by atoms with Crippen molar-refractivity contribution < 1.29 is 19.0 Å². The fourth-order valence-corrected chi connectivity index (χ4v) is 4.83. The molecule has 8 heteroatoms. The second-order valence-electron chi connectivity index (χ2n) is 7.89. The van der Waals surface area contributed by atoms with Gasteiger partial charge in [0.1, 0.15) is 11.5 Å². The van der Waals surface area contributed by atoms with Crippen molar-refractivity contribution in [2.24, 2.45) is 0 Å². The zero-order valence-electron chi connectivity index (χ0n) is 18.8. The van der Waals surface area contributed by atoms with Crippen LogP contribution in [0.5, 0.6) is 11.5 Å². The number of morpholine rings is 1. The maximum Gasteiger partial charge on any atom is 0.266 e. The van der Waals surface area contributed by atoms with Crippen molar-refractivity contribution in [2.45, 2.75) is 13.8 Å². The van der Waals surface area contributed by atoms with Gasteiger partial charge in [0.2, 0.25) is 0 Å². The van der Waals surface area contributed by atoms with E-state index in [1.807, 2.05) is 12.1 Å². The van der Waals surface area contributed by atoms with Gasteiger partial charge >= 0.3 is 0 Å². The first-order chi connectivity index (χ1) is 15.5. The largest absolute Gasteiger partial charge is 0.497 e. The van der Waals surface area contributed by atoms with Gasteiger partial charge in [-0.05, 0) is 55.3 Å². The van der Waals surface area contributed by atoms with Crippen molar-refractivity contribution in [3.05, 3.63) is 47.5 Å². The molecule has 0 N–H and O–H groups in total. The van der Waals surface area contributed by atoms with Crippen molar-refractivity contribution in [1.29, 1.82) is 0 Å². The van der Waals surface area contributed by atoms with Gasteiger partial charge in [-0.1, -0.05) is 17.4 Å². The molecule has 3 aromatic rings. The summed E-state index contributed by atoms with van der Waals surface area (Å²) >= 11 is 1.56. The van der Waals surface area contributed by atoms with Crippen LogP contribution in [-0.2, 0) is 9.53 Å². The van der Waals surface area contributed by atoms with Crippen LogP contribution in [0.1, 0.15) is 11.1 Å². The van der Waals surface area contributed by atoms with Gasteiger partial charge in [0, 0.05) is 26.2 Å². The smallest absolute Gasteiger partial charge is 0.266 e. The fraction of sp³-hybridized carbons (Fsp3) is 0.417. The zero-order valence-corrected chi connectivity index (χ0v) is 19.6. The van der Waals surface area contributed by atoms with E-state index in [0.29, 0.717) is 17.4 Å². The first-order valence-corrected chi connectivity index (χ1v) is 11.6. The van der Waals surface area contributed by atoms with Crippen LogP contribution in [0, 0.1) is 13.8 Å². The molecular formula is C24H29N3O4S. The number of amides is 1. The molecule has 1 saturated heterocycles. The van der Waals surface area contributed by atoms with Crippen molar-refractivity contribution in [1.82, 2.24) is 9.88 Å². The standard InChI is InChI=1S/C24H29N3O4S/c1-17-14-18(2)23-21(15-17)25-24(32-23)27(9-8-26-10-12-30-13-11-26)22(28)16-31-20-6-4-19(29-3)5-7-20/h4-7,14-15H,8-13,16H2,1-3H3. The quantitative estimate of drug-likeness (QED) is 0.517. The summed E-state index contributed by atoms with van der Waals surface area (Å²) in [6.07, 6.45) is 0. The number of benzene rings is 2. The van der Waals surface area contributed by atoms with Gasteiger partial charge in [0.15, 0.2) is 11.7 Å². The van der Waals surface area contributed by atoms with Crippen molar-refractivity contribution in [2.75, 3.05) is 58.0 Å². The van der Waals surface area contributed by atoms with Crippen molar-refractivity contribution in [3.8, 4) is 11.5 Å². The fourth-order valence-electron chi connectivity index (χ4n) is 3.77. The Labute approximate surface area is 192 Å². The molecule has 1 amide bonds. The first kappa shape index (κ1) is 22.5. The minimum Gasteiger partial charge on any atom is -0.497 e. The number of thiazole rings is 1. The number of hydrogen-bond donors (Lipinski definition) is 0. The number of aromatic nitrogens is 1. The summed E-state index contributed by atoms with van der Waals surface area (Å²) in [6, 6.07) is 11.4. The van der Waals surface area contributed by atoms with Crippen LogP contribution in [0.2, 0.25) is 0 Å². The number of fused-ring (bicyclic) bond motifs is 1. The molecule has 0 unspecified atom stereocenters. The summed E-state index contributed by atoms with van der Waals surface area (Å²) in [6.45, 7) is 8.64. The molecule has 0 radical (unpaired) electrons. The molecule has 1 aliphatic heterocycles. The normalized spacial score (nSPS) is 14.5. The van der Waals surface area contributed by atoms with Crippen molar-refractivity contribution in [3.63, 3.8) is 0 Å². The minimum atomic E-state index is -0.109. The molecule has 1 aromatic heterocycles. The third-order valence-corrected chi connectivity index (χ3v) is 6.74. The summed E-state index contributed by atoms with van der Waals surface area (Å²) in [4.78, 5) is 22.1. The van der Waals surface area contributed by atoms with E-state index in [9.17, 15) is 4.79 Å². The summed E-state index contributed by atoms with van der Waals surface area (Å²) in [5.74, 6) is 1.27. The highest BCUT2D eigenvalue weighted by Crippen LogP contribution is 2.32. The molecule has 0 bridgehead atoms. The lowest BCUT2D eigenvalue weighted by Crippen LogP contribution is -2.44. The number of carbonyl (C=O) groups excluding carboxylic acids is 1. The summed E-state index contributed by atoms with van der Waals surface area (Å²) < 4.78 is 17.5. The molecular weight excluding hydrogens is 426 g/mol. The monoisotopic (exact) mass is 455 g/mol. The Hall–Kier alpha value is -2.68. The van der Waals surface area contributed by atoms with E-state index in [2.05, 4.69) is 30.9 Å². The summed E-state index contributed by atoms with van der Waals surface area (Å²) in [5, 5.41) is 0.713. The predicted molar refractivity (Wildman–Crippen MR) is 127 cm³/mol. The first-order valence-electron chi connectivity index (χ1n) is 10.8. The minimum absolute atomic E-state index is 0.0522. The molecule has 0 saturated carbocycles. The second kappa shape index (κ2) is 10.3. The predicted octanol–water partition coefficient (Wildman–Crippen LogP) is 3.67. The topological polar surface area (TPSA) is 64.1 Å². The van der Waals surface area contributed by atoms with Gasteiger partial charge in [-0.3, -0.25) is 14.6 Å². The van der Waals surface area contributed by atoms with Gasteiger partial charge < -0.3 is 14.2 Å². The van der Waals surface area contributed by atoms with E-state index >= 15 is 0 Å². The Morgan fingerprint density at radius 1 is 1.16 bits per heavy atom. The maximum absolute atomic E-state index is 13.2. The molecule has 0 aliphatic carbocycles. The highest BCUT2D eigenvalue weighted by atomic mass is 32.1. The average molecular weight is 456 g/mol. The number of rotatable bonds is 8. The van der Waals surface area contributed by atoms with Crippen LogP contribution in [0.4, 0.5) is 5.13 Å². The molecule has 170 valence electrons. The van der Waals surface area contributed by atoms with E-state index in [1.165, 1.54) is 11.1 Å². The van der Waals surface area contributed by atoms with Crippen LogP contribution in [0.25, 0.3) is 10.2 Å². The molecule has 2 aromatic carbocycles. The summed E-state index contributed by atoms with van der Waals surface area (Å²) in [5.41, 5.74) is 3.28. The zero-order chi connectivity index (χ0) is 22.5. The van der Waals surface area contributed by atoms with Gasteiger partial charge in [0.25, 0.3) is 5.91 Å². The Morgan fingerprint density at radius 2 is 1.88 bits per heavy atom. The van der Waals surface area contributed by atoms with Crippen LogP contribution >= 0.6 is 11.3 Å². The van der Waals surface area contributed by atoms with Gasteiger partial charge in [-0.2, -0.15) is 0 Å². The van der Waals surface area contributed by atoms with Gasteiger partial charge in [0.05, 0.1) is 30.5 Å². The molecule has 32 heavy (non-hydrogen) atoms. The number of carbonyl (C=O) groups is 1. The highest BCUT2D eigenvalue weighted by Gasteiger charge is 2.22. The van der Waals surface area contributed by atoms with E-state index in [0.717, 1.165) is 48.8 Å². The van der Waals surface area contributed by atoms with Gasteiger partial charge in [-0.15, -0.1) is 0 Å². The molecule has 2 heterocycles. The van der Waals surface area contributed by atoms with E-state index in [-0.39, 0.29) is 12.5 Å². The van der Waals surface area contributed by atoms with E-state index in [4.69, 9.17) is 19.2 Å². The van der Waals surface area contributed by atoms with Crippen LogP contribution in [0.3, 0.4) is 0 Å². The highest BCUT2D eigenvalue weighted by molar-refractivity contribution is 7.22. The molecule has 1 aliphatic rings. The second-order valence-corrected chi connectivity index (χ2v) is 8.87. The Morgan fingerprint density at radius 3 is 2.59 bits per heavy atom. The number of methoxy groups -OCH3 is 1. The Kier molecular flexibility index (Phi) is 7.24. The van der Waals surface area contributed by atoms with Gasteiger partial charge in [-0.25, -0.2) is 4.98 Å². The lowest BCUT2D eigenvalue weighted by Gasteiger charge is -2.29. The molecule has 4 rings (SSSR count). The average Bonchev–Trinajstić information content (AvgIpc) is 3.23. The van der Waals surface area contributed by atoms with E-state index < -0.39 is 0 Å². The Balaban J connectivity index is 1.52. The maximum atomic E-state index is 13.2. The third-order valence-electron chi connectivity index (χ3n) is 5.51. The Bertz CT molecular complexity index is 1060. The van der Waals surface area contributed by atoms with E-state index in [1.54, 1.807) is 35.5 Å². The summed E-state index contributed by atoms with van der Waals surface area (Å²) in [7, 11) is 1.62. The molecule has 0 atom stereocenters. The SMILES string of the molecule is COc1ccc(OCC(=O)N(CCN2CCOCC2)c2nc3cc(C)cc(C)c3s2)cc1. The number of ether oxygens (including phenoxy) is 3. The lowest BCUT2D eigenvalue weighted by molar-refractivity contribution is -0.120.